The Hall–Kier alpha value is -0.480. The molecule has 0 aliphatic carbocycles. The number of hydrogen-bond acceptors (Lipinski definition) is 4. The highest BCUT2D eigenvalue weighted by molar-refractivity contribution is 8.14. The van der Waals surface area contributed by atoms with Crippen molar-refractivity contribution in [1.29, 1.82) is 0 Å². The van der Waals surface area contributed by atoms with Gasteiger partial charge < -0.3 is 0 Å². The molecule has 1 aliphatic heterocycles. The molecule has 0 aromatic rings. The van der Waals surface area contributed by atoms with Crippen LogP contribution in [-0.4, -0.2) is 15.9 Å². The fraction of sp³-hybridized carbons (Fsp3) is 0. The van der Waals surface area contributed by atoms with Gasteiger partial charge in [0.05, 0.1) is 11.7 Å². The maximum absolute atomic E-state index is 8.44. The van der Waals surface area contributed by atoms with Gasteiger partial charge in [0.1, 0.15) is 0 Å². The van der Waals surface area contributed by atoms with Gasteiger partial charge in [-0.05, 0) is 5.41 Å². The highest BCUT2D eigenvalue weighted by atomic mass is 32.2. The first kappa shape index (κ1) is 4.67. The van der Waals surface area contributed by atoms with E-state index in [4.69, 9.17) is 5.21 Å². The summed E-state index contributed by atoms with van der Waals surface area (Å²) in [7, 11) is 0. The van der Waals surface area contributed by atoms with Crippen molar-refractivity contribution in [1.82, 2.24) is 5.17 Å². The maximum Gasteiger partial charge on any atom is 0.0871 e. The topological polar surface area (TPSA) is 35.8 Å². The highest BCUT2D eigenvalue weighted by Crippen LogP contribution is 2.03. The van der Waals surface area contributed by atoms with Gasteiger partial charge in [0.2, 0.25) is 0 Å². The number of hydroxylamine groups is 1. The van der Waals surface area contributed by atoms with Crippen LogP contribution in [0.4, 0.5) is 0 Å². The molecule has 4 heteroatoms. The summed E-state index contributed by atoms with van der Waals surface area (Å²) >= 11 is 1.42. The van der Waals surface area contributed by atoms with Crippen LogP contribution >= 0.6 is 11.8 Å². The lowest BCUT2D eigenvalue weighted by Crippen LogP contribution is -2.02. The summed E-state index contributed by atoms with van der Waals surface area (Å²) in [6.45, 7) is 0. The number of nitrogens with zero attached hydrogens (tertiary/aromatic N) is 2. The zero-order valence-electron chi connectivity index (χ0n) is 3.48. The molecule has 0 spiro atoms. The van der Waals surface area contributed by atoms with E-state index in [-0.39, 0.29) is 0 Å². The van der Waals surface area contributed by atoms with Gasteiger partial charge in [-0.3, -0.25) is 5.21 Å². The molecule has 0 atom stereocenters. The highest BCUT2D eigenvalue weighted by Gasteiger charge is 1.87. The standard InChI is InChI=1S/C3H4N2OS/c6-5-1-2-7-3-4-5/h1-3,6H. The van der Waals surface area contributed by atoms with Gasteiger partial charge in [-0.15, -0.1) is 10.3 Å². The van der Waals surface area contributed by atoms with Crippen molar-refractivity contribution in [2.75, 3.05) is 0 Å². The second kappa shape index (κ2) is 1.99. The first-order chi connectivity index (χ1) is 3.39. The van der Waals surface area contributed by atoms with Crippen LogP contribution in [-0.2, 0) is 0 Å². The third-order valence-electron chi connectivity index (χ3n) is 0.499. The Morgan fingerprint density at radius 3 is 2.86 bits per heavy atom. The van der Waals surface area contributed by atoms with Crippen molar-refractivity contribution in [2.45, 2.75) is 0 Å². The summed E-state index contributed by atoms with van der Waals surface area (Å²) < 4.78 is 0. The molecule has 0 aromatic carbocycles. The second-order valence-corrected chi connectivity index (χ2v) is 1.72. The summed E-state index contributed by atoms with van der Waals surface area (Å²) in [5.41, 5.74) is 1.54. The van der Waals surface area contributed by atoms with Crippen LogP contribution in [0.5, 0.6) is 0 Å². The van der Waals surface area contributed by atoms with Crippen molar-refractivity contribution in [3.8, 4) is 0 Å². The van der Waals surface area contributed by atoms with Crippen molar-refractivity contribution in [3.63, 3.8) is 0 Å². The largest absolute Gasteiger partial charge is 0.268 e. The van der Waals surface area contributed by atoms with E-state index in [9.17, 15) is 0 Å². The molecular weight excluding hydrogens is 112 g/mol. The zero-order chi connectivity index (χ0) is 5.11. The summed E-state index contributed by atoms with van der Waals surface area (Å²) in [6, 6.07) is 0. The minimum absolute atomic E-state index is 0.760. The fourth-order valence-electron chi connectivity index (χ4n) is 0.239. The van der Waals surface area contributed by atoms with E-state index in [0.29, 0.717) is 0 Å². The van der Waals surface area contributed by atoms with Gasteiger partial charge in [0.15, 0.2) is 0 Å². The Labute approximate surface area is 45.3 Å². The second-order valence-electron chi connectivity index (χ2n) is 0.962. The van der Waals surface area contributed by atoms with Gasteiger partial charge in [0, 0.05) is 0 Å². The van der Waals surface area contributed by atoms with Crippen LogP contribution in [0.3, 0.4) is 0 Å². The first-order valence-corrected chi connectivity index (χ1v) is 2.66. The van der Waals surface area contributed by atoms with Crippen LogP contribution in [0.1, 0.15) is 0 Å². The Morgan fingerprint density at radius 2 is 2.57 bits per heavy atom. The molecule has 0 radical (unpaired) electrons. The first-order valence-electron chi connectivity index (χ1n) is 1.72. The molecule has 1 heterocycles. The van der Waals surface area contributed by atoms with E-state index in [1.165, 1.54) is 18.0 Å². The fourth-order valence-corrected chi connectivity index (χ4v) is 0.639. The molecular formula is C3H4N2OS. The number of hydrazone groups is 1. The normalized spacial score (nSPS) is 18.1. The maximum atomic E-state index is 8.44. The van der Waals surface area contributed by atoms with E-state index in [1.807, 2.05) is 0 Å². The monoisotopic (exact) mass is 116 g/mol. The lowest BCUT2D eigenvalue weighted by Gasteiger charge is -2.03. The lowest BCUT2D eigenvalue weighted by molar-refractivity contribution is -0.0377. The molecule has 1 rings (SSSR count). The lowest BCUT2D eigenvalue weighted by atomic mass is 11.0. The molecule has 0 saturated carbocycles. The van der Waals surface area contributed by atoms with Gasteiger partial charge in [-0.25, -0.2) is 0 Å². The predicted octanol–water partition coefficient (Wildman–Crippen LogP) is 0.839. The molecule has 0 aromatic heterocycles. The Balaban J connectivity index is 2.49. The number of rotatable bonds is 0. The van der Waals surface area contributed by atoms with Crippen LogP contribution in [0.15, 0.2) is 16.7 Å². The van der Waals surface area contributed by atoms with E-state index >= 15 is 0 Å². The molecule has 0 bridgehead atoms. The van der Waals surface area contributed by atoms with E-state index in [2.05, 4.69) is 5.10 Å². The van der Waals surface area contributed by atoms with E-state index < -0.39 is 0 Å². The molecule has 0 unspecified atom stereocenters. The van der Waals surface area contributed by atoms with Crippen LogP contribution in [0, 0.1) is 0 Å². The van der Waals surface area contributed by atoms with Crippen LogP contribution in [0.2, 0.25) is 0 Å². The van der Waals surface area contributed by atoms with Gasteiger partial charge in [-0.2, -0.15) is 0 Å². The molecule has 1 N–H and O–H groups in total. The third-order valence-corrected chi connectivity index (χ3v) is 0.994. The minimum Gasteiger partial charge on any atom is -0.268 e. The van der Waals surface area contributed by atoms with E-state index in [0.717, 1.165) is 5.17 Å². The van der Waals surface area contributed by atoms with Crippen molar-refractivity contribution >= 4 is 17.3 Å². The van der Waals surface area contributed by atoms with Crippen molar-refractivity contribution in [3.05, 3.63) is 11.6 Å². The smallest absolute Gasteiger partial charge is 0.0871 e. The summed E-state index contributed by atoms with van der Waals surface area (Å²) in [4.78, 5) is 0. The third kappa shape index (κ3) is 1.21. The SMILES string of the molecule is ON1C=CSC=N1. The van der Waals surface area contributed by atoms with Gasteiger partial charge in [0.25, 0.3) is 0 Å². The average Bonchev–Trinajstić information content (AvgIpc) is 1.69. The molecule has 0 amide bonds. The number of hydrogen-bond donors (Lipinski definition) is 1. The Morgan fingerprint density at radius 1 is 1.71 bits per heavy atom. The Kier molecular flexibility index (Phi) is 1.33. The molecule has 38 valence electrons. The zero-order valence-corrected chi connectivity index (χ0v) is 4.30. The molecule has 7 heavy (non-hydrogen) atoms. The molecule has 0 fully saturated rings. The minimum atomic E-state index is 0.760. The summed E-state index contributed by atoms with van der Waals surface area (Å²) in [6.07, 6.45) is 1.46. The van der Waals surface area contributed by atoms with Gasteiger partial charge >= 0.3 is 0 Å². The Bertz CT molecular complexity index is 99.5. The predicted molar refractivity (Wildman–Crippen MR) is 28.8 cm³/mol. The molecule has 3 nitrogen and oxygen atoms in total. The van der Waals surface area contributed by atoms with Crippen molar-refractivity contribution in [2.24, 2.45) is 5.10 Å². The number of thioether (sulfide) groups is 1. The summed E-state index contributed by atoms with van der Waals surface area (Å²) in [5.74, 6) is 0. The average molecular weight is 116 g/mol. The van der Waals surface area contributed by atoms with Gasteiger partial charge in [-0.1, -0.05) is 11.8 Å². The molecule has 1 aliphatic rings. The van der Waals surface area contributed by atoms with Crippen LogP contribution < -0.4 is 0 Å². The van der Waals surface area contributed by atoms with Crippen molar-refractivity contribution < 1.29 is 5.21 Å². The quantitative estimate of drug-likeness (QED) is 0.509. The summed E-state index contributed by atoms with van der Waals surface area (Å²) in [5, 5.41) is 14.4. The van der Waals surface area contributed by atoms with Crippen LogP contribution in [0.25, 0.3) is 0 Å². The molecule has 0 saturated heterocycles. The van der Waals surface area contributed by atoms with E-state index in [1.54, 1.807) is 11.0 Å².